The van der Waals surface area contributed by atoms with Gasteiger partial charge in [0.25, 0.3) is 0 Å². The van der Waals surface area contributed by atoms with Crippen LogP contribution >= 0.6 is 0 Å². The molecule has 1 aromatic carbocycles. The molecule has 0 saturated heterocycles. The van der Waals surface area contributed by atoms with Crippen LogP contribution < -0.4 is 5.32 Å². The number of nitrogens with zero attached hydrogens (tertiary/aromatic N) is 1. The SMILES string of the molecule is CCC#Cc1cc2c(cc1CC)C1(CCC1)C(NC)=N2. The van der Waals surface area contributed by atoms with Gasteiger partial charge in [0.2, 0.25) is 0 Å². The van der Waals surface area contributed by atoms with Gasteiger partial charge in [-0.25, -0.2) is 4.99 Å². The van der Waals surface area contributed by atoms with Crippen LogP contribution in [0.1, 0.15) is 56.2 Å². The molecule has 2 aliphatic rings. The minimum absolute atomic E-state index is 0.185. The van der Waals surface area contributed by atoms with Gasteiger partial charge in [-0.15, -0.1) is 0 Å². The van der Waals surface area contributed by atoms with Gasteiger partial charge in [0.15, 0.2) is 0 Å². The van der Waals surface area contributed by atoms with E-state index in [1.54, 1.807) is 0 Å². The van der Waals surface area contributed by atoms with E-state index in [0.29, 0.717) is 0 Å². The minimum atomic E-state index is 0.185. The van der Waals surface area contributed by atoms with Crippen LogP contribution in [0.4, 0.5) is 5.69 Å². The first-order chi connectivity index (χ1) is 9.75. The van der Waals surface area contributed by atoms with Crippen molar-refractivity contribution in [2.45, 2.75) is 51.4 Å². The lowest BCUT2D eigenvalue weighted by Crippen LogP contribution is -2.45. The van der Waals surface area contributed by atoms with E-state index in [0.717, 1.165) is 29.9 Å². The molecule has 104 valence electrons. The molecule has 0 unspecified atom stereocenters. The summed E-state index contributed by atoms with van der Waals surface area (Å²) in [5.41, 5.74) is 5.26. The quantitative estimate of drug-likeness (QED) is 0.770. The fourth-order valence-electron chi connectivity index (χ4n) is 3.39. The summed E-state index contributed by atoms with van der Waals surface area (Å²) >= 11 is 0. The summed E-state index contributed by atoms with van der Waals surface area (Å²) in [6.45, 7) is 4.30. The van der Waals surface area contributed by atoms with Gasteiger partial charge >= 0.3 is 0 Å². The highest BCUT2D eigenvalue weighted by Gasteiger charge is 2.48. The summed E-state index contributed by atoms with van der Waals surface area (Å²) in [4.78, 5) is 4.83. The van der Waals surface area contributed by atoms with Crippen molar-refractivity contribution in [2.75, 3.05) is 7.05 Å². The molecular formula is C18H22N2. The van der Waals surface area contributed by atoms with E-state index in [1.165, 1.54) is 30.4 Å². The first-order valence-electron chi connectivity index (χ1n) is 7.68. The predicted molar refractivity (Wildman–Crippen MR) is 84.7 cm³/mol. The number of aryl methyl sites for hydroxylation is 1. The summed E-state index contributed by atoms with van der Waals surface area (Å²) in [7, 11) is 1.99. The third kappa shape index (κ3) is 1.77. The molecule has 1 fully saturated rings. The van der Waals surface area contributed by atoms with Gasteiger partial charge in [0.1, 0.15) is 5.84 Å². The summed E-state index contributed by atoms with van der Waals surface area (Å²) in [5.74, 6) is 7.64. The van der Waals surface area contributed by atoms with Crippen molar-refractivity contribution in [1.29, 1.82) is 0 Å². The number of rotatable bonds is 1. The Balaban J connectivity index is 2.12. The van der Waals surface area contributed by atoms with Crippen molar-refractivity contribution >= 4 is 11.5 Å². The molecule has 0 atom stereocenters. The molecule has 0 aromatic heterocycles. The molecule has 0 radical (unpaired) electrons. The van der Waals surface area contributed by atoms with E-state index < -0.39 is 0 Å². The second-order valence-corrected chi connectivity index (χ2v) is 5.68. The van der Waals surface area contributed by atoms with Crippen molar-refractivity contribution in [2.24, 2.45) is 4.99 Å². The van der Waals surface area contributed by atoms with Crippen LogP contribution in [0.3, 0.4) is 0 Å². The smallest absolute Gasteiger partial charge is 0.113 e. The highest BCUT2D eigenvalue weighted by molar-refractivity contribution is 6.01. The Morgan fingerprint density at radius 3 is 2.65 bits per heavy atom. The Kier molecular flexibility index (Phi) is 3.30. The fourth-order valence-corrected chi connectivity index (χ4v) is 3.39. The summed E-state index contributed by atoms with van der Waals surface area (Å²) in [5, 5.41) is 3.32. The monoisotopic (exact) mass is 266 g/mol. The topological polar surface area (TPSA) is 24.4 Å². The van der Waals surface area contributed by atoms with E-state index in [2.05, 4.69) is 43.1 Å². The second-order valence-electron chi connectivity index (χ2n) is 5.68. The maximum atomic E-state index is 4.83. The van der Waals surface area contributed by atoms with Gasteiger partial charge in [0, 0.05) is 19.0 Å². The molecule has 1 spiro atoms. The molecule has 2 nitrogen and oxygen atoms in total. The number of amidine groups is 1. The molecule has 1 saturated carbocycles. The van der Waals surface area contributed by atoms with Gasteiger partial charge in [-0.1, -0.05) is 38.2 Å². The number of nitrogens with one attached hydrogen (secondary N) is 1. The zero-order valence-corrected chi connectivity index (χ0v) is 12.6. The standard InChI is InChI=1S/C18H22N2/c1-4-6-8-14-12-16-15(11-13(14)5-2)18(9-7-10-18)17(19-3)20-16/h11-12H,4-5,7,9-10H2,1-3H3,(H,19,20). The Morgan fingerprint density at radius 1 is 1.30 bits per heavy atom. The number of hydrogen-bond donors (Lipinski definition) is 1. The third-order valence-electron chi connectivity index (χ3n) is 4.65. The van der Waals surface area contributed by atoms with Crippen molar-refractivity contribution in [1.82, 2.24) is 5.32 Å². The largest absolute Gasteiger partial charge is 0.376 e. The van der Waals surface area contributed by atoms with E-state index in [9.17, 15) is 0 Å². The third-order valence-corrected chi connectivity index (χ3v) is 4.65. The maximum absolute atomic E-state index is 4.83. The Bertz CT molecular complexity index is 625. The molecule has 1 aliphatic heterocycles. The molecule has 1 aromatic rings. The highest BCUT2D eigenvalue weighted by Crippen LogP contribution is 2.52. The van der Waals surface area contributed by atoms with Crippen LogP contribution in [0.25, 0.3) is 0 Å². The van der Waals surface area contributed by atoms with Crippen LogP contribution in [-0.4, -0.2) is 12.9 Å². The lowest BCUT2D eigenvalue weighted by Gasteiger charge is -2.40. The van der Waals surface area contributed by atoms with Crippen molar-refractivity contribution < 1.29 is 0 Å². The van der Waals surface area contributed by atoms with Crippen LogP contribution in [0.5, 0.6) is 0 Å². The maximum Gasteiger partial charge on any atom is 0.113 e. The Hall–Kier alpha value is -1.75. The van der Waals surface area contributed by atoms with E-state index in [-0.39, 0.29) is 5.41 Å². The van der Waals surface area contributed by atoms with Crippen LogP contribution in [0, 0.1) is 11.8 Å². The Labute approximate surface area is 121 Å². The second kappa shape index (κ2) is 4.98. The molecule has 1 heterocycles. The molecule has 0 amide bonds. The molecular weight excluding hydrogens is 244 g/mol. The average Bonchev–Trinajstić information content (AvgIpc) is 2.76. The van der Waals surface area contributed by atoms with Gasteiger partial charge in [-0.05, 0) is 36.5 Å². The zero-order chi connectivity index (χ0) is 14.2. The minimum Gasteiger partial charge on any atom is -0.376 e. The van der Waals surface area contributed by atoms with Gasteiger partial charge < -0.3 is 5.32 Å². The summed E-state index contributed by atoms with van der Waals surface area (Å²) in [6.07, 6.45) is 5.69. The highest BCUT2D eigenvalue weighted by atomic mass is 15.0. The van der Waals surface area contributed by atoms with Crippen LogP contribution in [0.15, 0.2) is 17.1 Å². The van der Waals surface area contributed by atoms with Crippen molar-refractivity contribution in [3.05, 3.63) is 28.8 Å². The van der Waals surface area contributed by atoms with Gasteiger partial charge in [-0.2, -0.15) is 0 Å². The van der Waals surface area contributed by atoms with Crippen molar-refractivity contribution in [3.63, 3.8) is 0 Å². The van der Waals surface area contributed by atoms with Crippen LogP contribution in [0.2, 0.25) is 0 Å². The van der Waals surface area contributed by atoms with E-state index in [4.69, 9.17) is 4.99 Å². The molecule has 1 N–H and O–H groups in total. The fraction of sp³-hybridized carbons (Fsp3) is 0.500. The summed E-state index contributed by atoms with van der Waals surface area (Å²) < 4.78 is 0. The lowest BCUT2D eigenvalue weighted by molar-refractivity contribution is 0.340. The summed E-state index contributed by atoms with van der Waals surface area (Å²) in [6, 6.07) is 4.56. The molecule has 20 heavy (non-hydrogen) atoms. The van der Waals surface area contributed by atoms with E-state index in [1.807, 2.05) is 7.05 Å². The van der Waals surface area contributed by atoms with Gasteiger partial charge in [-0.3, -0.25) is 0 Å². The van der Waals surface area contributed by atoms with Crippen molar-refractivity contribution in [3.8, 4) is 11.8 Å². The predicted octanol–water partition coefficient (Wildman–Crippen LogP) is 3.70. The Morgan fingerprint density at radius 2 is 2.10 bits per heavy atom. The number of likely N-dealkylation sites (N-methyl/N-ethyl adjacent to an activating group) is 1. The number of aliphatic imine (C=N–C) groups is 1. The van der Waals surface area contributed by atoms with Crippen LogP contribution in [-0.2, 0) is 11.8 Å². The number of fused-ring (bicyclic) bond motifs is 2. The molecule has 1 aliphatic carbocycles. The number of benzene rings is 1. The first kappa shape index (κ1) is 13.2. The van der Waals surface area contributed by atoms with E-state index >= 15 is 0 Å². The molecule has 2 heteroatoms. The number of hydrogen-bond acceptors (Lipinski definition) is 2. The normalized spacial score (nSPS) is 17.9. The zero-order valence-electron chi connectivity index (χ0n) is 12.6. The molecule has 0 bridgehead atoms. The average molecular weight is 266 g/mol. The lowest BCUT2D eigenvalue weighted by atomic mass is 9.64. The first-order valence-corrected chi connectivity index (χ1v) is 7.68. The molecule has 3 rings (SSSR count). The van der Waals surface area contributed by atoms with Gasteiger partial charge in [0.05, 0.1) is 11.1 Å².